The van der Waals surface area contributed by atoms with Crippen molar-refractivity contribution >= 4 is 15.9 Å². The molecule has 1 atom stereocenters. The minimum Gasteiger partial charge on any atom is -0.486 e. The van der Waals surface area contributed by atoms with Crippen molar-refractivity contribution in [1.29, 1.82) is 0 Å². The lowest BCUT2D eigenvalue weighted by atomic mass is 9.93. The Hall–Kier alpha value is -0.740. The molecule has 94 valence electrons. The second-order valence-corrected chi connectivity index (χ2v) is 5.07. The van der Waals surface area contributed by atoms with Gasteiger partial charge in [0.1, 0.15) is 13.2 Å². The number of rotatable bonds is 3. The average Bonchev–Trinajstić information content (AvgIpc) is 2.38. The molecule has 1 aromatic rings. The van der Waals surface area contributed by atoms with Crippen LogP contribution in [-0.2, 0) is 6.42 Å². The van der Waals surface area contributed by atoms with Crippen LogP contribution in [0, 0.1) is 0 Å². The van der Waals surface area contributed by atoms with Gasteiger partial charge in [0, 0.05) is 18.1 Å². The van der Waals surface area contributed by atoms with Gasteiger partial charge >= 0.3 is 0 Å². The van der Waals surface area contributed by atoms with Crippen molar-refractivity contribution in [2.45, 2.75) is 26.2 Å². The molecular formula is C13H17BrO3. The van der Waals surface area contributed by atoms with Gasteiger partial charge in [-0.1, -0.05) is 13.8 Å². The zero-order valence-electron chi connectivity index (χ0n) is 10.1. The molecule has 2 rings (SSSR count). The lowest BCUT2D eigenvalue weighted by Crippen LogP contribution is -2.18. The summed E-state index contributed by atoms with van der Waals surface area (Å²) in [4.78, 5) is 0. The van der Waals surface area contributed by atoms with E-state index < -0.39 is 0 Å². The zero-order valence-corrected chi connectivity index (χ0v) is 11.7. The largest absolute Gasteiger partial charge is 0.486 e. The van der Waals surface area contributed by atoms with Gasteiger partial charge in [0.25, 0.3) is 0 Å². The van der Waals surface area contributed by atoms with E-state index in [1.165, 1.54) is 0 Å². The quantitative estimate of drug-likeness (QED) is 0.933. The molecule has 17 heavy (non-hydrogen) atoms. The molecule has 0 saturated heterocycles. The minimum absolute atomic E-state index is 0.108. The summed E-state index contributed by atoms with van der Waals surface area (Å²) in [6.45, 7) is 5.41. The van der Waals surface area contributed by atoms with Gasteiger partial charge in [0.2, 0.25) is 0 Å². The summed E-state index contributed by atoms with van der Waals surface area (Å²) >= 11 is 3.51. The Balaban J connectivity index is 2.57. The van der Waals surface area contributed by atoms with Gasteiger partial charge < -0.3 is 14.6 Å². The van der Waals surface area contributed by atoms with Crippen molar-refractivity contribution in [3.05, 3.63) is 21.7 Å². The van der Waals surface area contributed by atoms with E-state index in [1.807, 2.05) is 13.0 Å². The van der Waals surface area contributed by atoms with Crippen LogP contribution in [0.4, 0.5) is 0 Å². The van der Waals surface area contributed by atoms with Crippen molar-refractivity contribution in [3.8, 4) is 11.5 Å². The van der Waals surface area contributed by atoms with E-state index >= 15 is 0 Å². The minimum atomic E-state index is 0.108. The third-order valence-electron chi connectivity index (χ3n) is 3.06. The first-order valence-electron chi connectivity index (χ1n) is 5.90. The average molecular weight is 301 g/mol. The van der Waals surface area contributed by atoms with Crippen LogP contribution >= 0.6 is 15.9 Å². The van der Waals surface area contributed by atoms with Gasteiger partial charge in [0.05, 0.1) is 4.47 Å². The summed E-state index contributed by atoms with van der Waals surface area (Å²) in [5.41, 5.74) is 2.27. The van der Waals surface area contributed by atoms with Gasteiger partial charge in [-0.3, -0.25) is 0 Å². The van der Waals surface area contributed by atoms with E-state index in [9.17, 15) is 5.11 Å². The van der Waals surface area contributed by atoms with Crippen molar-refractivity contribution in [2.75, 3.05) is 19.8 Å². The highest BCUT2D eigenvalue weighted by Gasteiger charge is 2.23. The fraction of sp³-hybridized carbons (Fsp3) is 0.538. The Kier molecular flexibility index (Phi) is 3.94. The summed E-state index contributed by atoms with van der Waals surface area (Å²) in [5, 5.41) is 9.32. The molecule has 1 aliphatic heterocycles. The second-order valence-electron chi connectivity index (χ2n) is 4.22. The van der Waals surface area contributed by atoms with Gasteiger partial charge in [-0.25, -0.2) is 0 Å². The standard InChI is InChI=1S/C13H17BrO3/c1-3-9-10(8(2)7-15)6-11(14)13-12(9)16-4-5-17-13/h6,8,15H,3-5,7H2,1-2H3. The molecular weight excluding hydrogens is 284 g/mol. The number of benzene rings is 1. The molecule has 0 amide bonds. The van der Waals surface area contributed by atoms with Gasteiger partial charge in [-0.15, -0.1) is 0 Å². The summed E-state index contributed by atoms with van der Waals surface area (Å²) in [5.74, 6) is 1.74. The van der Waals surface area contributed by atoms with E-state index in [0.29, 0.717) is 13.2 Å². The summed E-state index contributed by atoms with van der Waals surface area (Å²) in [6.07, 6.45) is 0.874. The molecule has 0 fully saturated rings. The lowest BCUT2D eigenvalue weighted by molar-refractivity contribution is 0.168. The lowest BCUT2D eigenvalue weighted by Gasteiger charge is -2.25. The van der Waals surface area contributed by atoms with Crippen LogP contribution in [-0.4, -0.2) is 24.9 Å². The molecule has 0 spiro atoms. The number of halogens is 1. The van der Waals surface area contributed by atoms with Gasteiger partial charge in [-0.2, -0.15) is 0 Å². The molecule has 4 heteroatoms. The molecule has 1 heterocycles. The third kappa shape index (κ3) is 2.29. The van der Waals surface area contributed by atoms with E-state index in [0.717, 1.165) is 33.5 Å². The Morgan fingerprint density at radius 2 is 2.00 bits per heavy atom. The summed E-state index contributed by atoms with van der Waals surface area (Å²) in [6, 6.07) is 2.03. The van der Waals surface area contributed by atoms with Gasteiger partial charge in [0.15, 0.2) is 11.5 Å². The first kappa shape index (κ1) is 12.7. The fourth-order valence-electron chi connectivity index (χ4n) is 2.14. The molecule has 0 aliphatic carbocycles. The molecule has 1 aromatic carbocycles. The van der Waals surface area contributed by atoms with Crippen molar-refractivity contribution < 1.29 is 14.6 Å². The molecule has 0 radical (unpaired) electrons. The van der Waals surface area contributed by atoms with Crippen molar-refractivity contribution in [3.63, 3.8) is 0 Å². The molecule has 3 nitrogen and oxygen atoms in total. The number of hydrogen-bond acceptors (Lipinski definition) is 3. The fourth-order valence-corrected chi connectivity index (χ4v) is 2.68. The van der Waals surface area contributed by atoms with E-state index in [1.54, 1.807) is 0 Å². The molecule has 1 aliphatic rings. The summed E-state index contributed by atoms with van der Waals surface area (Å²) < 4.78 is 12.3. The Morgan fingerprint density at radius 1 is 1.35 bits per heavy atom. The van der Waals surface area contributed by atoms with Crippen LogP contribution in [0.3, 0.4) is 0 Å². The predicted octanol–water partition coefficient (Wildman–Crippen LogP) is 2.88. The smallest absolute Gasteiger partial charge is 0.175 e. The number of fused-ring (bicyclic) bond motifs is 1. The first-order valence-corrected chi connectivity index (χ1v) is 6.70. The number of hydrogen-bond donors (Lipinski definition) is 1. The molecule has 1 N–H and O–H groups in total. The van der Waals surface area contributed by atoms with Crippen LogP contribution in [0.25, 0.3) is 0 Å². The Bertz CT molecular complexity index is 418. The Labute approximate surface area is 110 Å². The highest BCUT2D eigenvalue weighted by Crippen LogP contribution is 2.44. The third-order valence-corrected chi connectivity index (χ3v) is 3.65. The maximum atomic E-state index is 9.32. The number of aliphatic hydroxyl groups is 1. The second kappa shape index (κ2) is 5.27. The van der Waals surface area contributed by atoms with Crippen LogP contribution in [0.2, 0.25) is 0 Å². The number of ether oxygens (including phenoxy) is 2. The first-order chi connectivity index (χ1) is 8.19. The molecule has 0 bridgehead atoms. The molecule has 0 saturated carbocycles. The SMILES string of the molecule is CCc1c(C(C)CO)cc(Br)c2c1OCCO2. The Morgan fingerprint density at radius 3 is 2.59 bits per heavy atom. The monoisotopic (exact) mass is 300 g/mol. The van der Waals surface area contributed by atoms with E-state index in [2.05, 4.69) is 22.9 Å². The highest BCUT2D eigenvalue weighted by molar-refractivity contribution is 9.10. The number of aliphatic hydroxyl groups excluding tert-OH is 1. The highest BCUT2D eigenvalue weighted by atomic mass is 79.9. The maximum Gasteiger partial charge on any atom is 0.175 e. The maximum absolute atomic E-state index is 9.32. The van der Waals surface area contributed by atoms with Crippen LogP contribution in [0.5, 0.6) is 11.5 Å². The van der Waals surface area contributed by atoms with Crippen molar-refractivity contribution in [2.24, 2.45) is 0 Å². The van der Waals surface area contributed by atoms with Crippen LogP contribution in [0.15, 0.2) is 10.5 Å². The predicted molar refractivity (Wildman–Crippen MR) is 70.0 cm³/mol. The van der Waals surface area contributed by atoms with Gasteiger partial charge in [-0.05, 0) is 34.0 Å². The summed E-state index contributed by atoms with van der Waals surface area (Å²) in [7, 11) is 0. The topological polar surface area (TPSA) is 38.7 Å². The molecule has 0 aromatic heterocycles. The zero-order chi connectivity index (χ0) is 12.4. The van der Waals surface area contributed by atoms with E-state index in [-0.39, 0.29) is 12.5 Å². The van der Waals surface area contributed by atoms with Crippen LogP contribution in [0.1, 0.15) is 30.9 Å². The van der Waals surface area contributed by atoms with Crippen molar-refractivity contribution in [1.82, 2.24) is 0 Å². The molecule has 1 unspecified atom stereocenters. The van der Waals surface area contributed by atoms with Crippen LogP contribution < -0.4 is 9.47 Å². The van der Waals surface area contributed by atoms with E-state index in [4.69, 9.17) is 9.47 Å². The normalized spacial score (nSPS) is 15.8.